The number of alkyl halides is 2. The zero-order valence-electron chi connectivity index (χ0n) is 7.08. The third-order valence-electron chi connectivity index (χ3n) is 2.02. The molecule has 1 aromatic rings. The van der Waals surface area contributed by atoms with Crippen LogP contribution in [-0.2, 0) is 0 Å². The van der Waals surface area contributed by atoms with Gasteiger partial charge in [-0.1, -0.05) is 35.3 Å². The first-order chi connectivity index (χ1) is 6.52. The number of phenolic OH excluding ortho intramolecular Hbond substituents is 1. The van der Waals surface area contributed by atoms with Crippen LogP contribution in [0.1, 0.15) is 10.4 Å². The van der Waals surface area contributed by atoms with Gasteiger partial charge in [0.05, 0.1) is 12.1 Å². The van der Waals surface area contributed by atoms with Crippen molar-refractivity contribution in [1.29, 1.82) is 0 Å². The molecule has 0 radical (unpaired) electrons. The highest BCUT2D eigenvalue weighted by Crippen LogP contribution is 2.42. The van der Waals surface area contributed by atoms with Gasteiger partial charge >= 0.3 is 0 Å². The fourth-order valence-corrected chi connectivity index (χ4v) is 1.57. The summed E-state index contributed by atoms with van der Waals surface area (Å²) in [6.45, 7) is 0.295. The highest BCUT2D eigenvalue weighted by atomic mass is 35.5. The van der Waals surface area contributed by atoms with Crippen molar-refractivity contribution < 1.29 is 9.90 Å². The number of carbonyl (C=O) groups excluding carboxylic acids is 1. The number of carbonyl (C=O) groups is 1. The zero-order chi connectivity index (χ0) is 10.3. The Morgan fingerprint density at radius 1 is 1.43 bits per heavy atom. The van der Waals surface area contributed by atoms with Gasteiger partial charge in [-0.3, -0.25) is 4.79 Å². The second kappa shape index (κ2) is 3.04. The van der Waals surface area contributed by atoms with E-state index in [1.165, 1.54) is 17.0 Å². The van der Waals surface area contributed by atoms with E-state index in [1.807, 2.05) is 0 Å². The average molecular weight is 232 g/mol. The van der Waals surface area contributed by atoms with Gasteiger partial charge in [0.1, 0.15) is 5.75 Å². The molecule has 0 atom stereocenters. The van der Waals surface area contributed by atoms with Crippen molar-refractivity contribution in [2.45, 2.75) is 4.46 Å². The number of phenols is 1. The van der Waals surface area contributed by atoms with E-state index in [9.17, 15) is 9.90 Å². The topological polar surface area (TPSA) is 40.3 Å². The van der Waals surface area contributed by atoms with Crippen LogP contribution in [0.25, 0.3) is 0 Å². The van der Waals surface area contributed by atoms with E-state index in [1.54, 1.807) is 12.1 Å². The van der Waals surface area contributed by atoms with E-state index < -0.39 is 4.46 Å². The lowest BCUT2D eigenvalue weighted by Gasteiger charge is -2.05. The van der Waals surface area contributed by atoms with Gasteiger partial charge < -0.3 is 10.0 Å². The van der Waals surface area contributed by atoms with E-state index >= 15 is 0 Å². The van der Waals surface area contributed by atoms with Gasteiger partial charge in [-0.25, -0.2) is 0 Å². The molecule has 0 aromatic heterocycles. The second-order valence-corrected chi connectivity index (χ2v) is 4.52. The Morgan fingerprint density at radius 2 is 2.00 bits per heavy atom. The minimum absolute atomic E-state index is 0.0615. The number of hydrogen-bond donors (Lipinski definition) is 1. The number of benzene rings is 1. The van der Waals surface area contributed by atoms with Crippen molar-refractivity contribution >= 4 is 29.1 Å². The van der Waals surface area contributed by atoms with Crippen molar-refractivity contribution in [1.82, 2.24) is 4.90 Å². The molecule has 1 aromatic carbocycles. The van der Waals surface area contributed by atoms with Crippen LogP contribution < -0.4 is 0 Å². The van der Waals surface area contributed by atoms with Gasteiger partial charge in [0.25, 0.3) is 5.91 Å². The average Bonchev–Trinajstić information content (AvgIpc) is 2.75. The van der Waals surface area contributed by atoms with Gasteiger partial charge in [0.2, 0.25) is 4.46 Å². The number of hydrogen-bond acceptors (Lipinski definition) is 2. The van der Waals surface area contributed by atoms with Gasteiger partial charge in [0.15, 0.2) is 0 Å². The van der Waals surface area contributed by atoms with E-state index in [-0.39, 0.29) is 17.2 Å². The molecule has 1 saturated heterocycles. The van der Waals surface area contributed by atoms with Gasteiger partial charge in [-0.2, -0.15) is 0 Å². The quantitative estimate of drug-likeness (QED) is 0.457. The molecule has 14 heavy (non-hydrogen) atoms. The van der Waals surface area contributed by atoms with Crippen LogP contribution in [0.5, 0.6) is 5.75 Å². The molecule has 2 rings (SSSR count). The Labute approximate surface area is 90.8 Å². The molecular formula is C9H7Cl2NO2. The summed E-state index contributed by atoms with van der Waals surface area (Å²) in [6, 6.07) is 6.28. The summed E-state index contributed by atoms with van der Waals surface area (Å²) in [5.41, 5.74) is 0.218. The van der Waals surface area contributed by atoms with Crippen LogP contribution in [-0.4, -0.2) is 26.9 Å². The van der Waals surface area contributed by atoms with Crippen molar-refractivity contribution in [3.05, 3.63) is 29.8 Å². The SMILES string of the molecule is O=C(c1ccccc1O)N1CC1(Cl)Cl. The third-order valence-corrected chi connectivity index (χ3v) is 2.67. The van der Waals surface area contributed by atoms with Crippen LogP contribution in [0.3, 0.4) is 0 Å². The highest BCUT2D eigenvalue weighted by Gasteiger charge is 2.53. The first-order valence-electron chi connectivity index (χ1n) is 4.00. The lowest BCUT2D eigenvalue weighted by molar-refractivity contribution is 0.0875. The van der Waals surface area contributed by atoms with Gasteiger partial charge in [0, 0.05) is 0 Å². The minimum atomic E-state index is -1.10. The lowest BCUT2D eigenvalue weighted by atomic mass is 10.2. The Balaban J connectivity index is 2.25. The van der Waals surface area contributed by atoms with E-state index in [0.29, 0.717) is 6.54 Å². The molecule has 3 nitrogen and oxygen atoms in total. The first kappa shape index (κ1) is 9.62. The summed E-state index contributed by atoms with van der Waals surface area (Å²) >= 11 is 11.4. The number of nitrogens with zero attached hydrogens (tertiary/aromatic N) is 1. The van der Waals surface area contributed by atoms with Crippen LogP contribution in [0.4, 0.5) is 0 Å². The standard InChI is InChI=1S/C9H7Cl2NO2/c10-9(11)5-12(9)8(14)6-3-1-2-4-7(6)13/h1-4,13H,5H2. The van der Waals surface area contributed by atoms with Crippen molar-refractivity contribution in [2.24, 2.45) is 0 Å². The van der Waals surface area contributed by atoms with Crippen LogP contribution in [0.15, 0.2) is 24.3 Å². The molecule has 1 N–H and O–H groups in total. The fraction of sp³-hybridized carbons (Fsp3) is 0.222. The number of aromatic hydroxyl groups is 1. The summed E-state index contributed by atoms with van der Waals surface area (Å²) in [7, 11) is 0. The maximum absolute atomic E-state index is 11.6. The van der Waals surface area contributed by atoms with Crippen molar-refractivity contribution in [3.63, 3.8) is 0 Å². The summed E-state index contributed by atoms with van der Waals surface area (Å²) in [4.78, 5) is 12.9. The largest absolute Gasteiger partial charge is 0.507 e. The van der Waals surface area contributed by atoms with Gasteiger partial charge in [-0.15, -0.1) is 0 Å². The predicted octanol–water partition coefficient (Wildman–Crippen LogP) is 1.98. The monoisotopic (exact) mass is 231 g/mol. The van der Waals surface area contributed by atoms with Crippen LogP contribution in [0, 0.1) is 0 Å². The molecule has 1 aliphatic rings. The molecule has 0 unspecified atom stereocenters. The summed E-state index contributed by atoms with van der Waals surface area (Å²) in [5, 5.41) is 9.39. The molecule has 1 fully saturated rings. The molecule has 0 bridgehead atoms. The normalized spacial score (nSPS) is 18.0. The van der Waals surface area contributed by atoms with Crippen LogP contribution in [0.2, 0.25) is 0 Å². The van der Waals surface area contributed by atoms with E-state index in [0.717, 1.165) is 0 Å². The Kier molecular flexibility index (Phi) is 2.09. The molecule has 1 aliphatic heterocycles. The number of halogens is 2. The first-order valence-corrected chi connectivity index (χ1v) is 4.76. The number of para-hydroxylation sites is 1. The van der Waals surface area contributed by atoms with Gasteiger partial charge in [-0.05, 0) is 12.1 Å². The molecule has 0 aliphatic carbocycles. The minimum Gasteiger partial charge on any atom is -0.507 e. The van der Waals surface area contributed by atoms with E-state index in [4.69, 9.17) is 23.2 Å². The number of amides is 1. The Morgan fingerprint density at radius 3 is 2.50 bits per heavy atom. The smallest absolute Gasteiger partial charge is 0.260 e. The molecule has 1 heterocycles. The molecule has 0 saturated carbocycles. The van der Waals surface area contributed by atoms with E-state index in [2.05, 4.69) is 0 Å². The molecular weight excluding hydrogens is 225 g/mol. The second-order valence-electron chi connectivity index (χ2n) is 3.07. The fourth-order valence-electron chi connectivity index (χ4n) is 1.18. The molecule has 5 heteroatoms. The Hall–Kier alpha value is -0.930. The molecule has 0 spiro atoms. The van der Waals surface area contributed by atoms with Crippen molar-refractivity contribution in [2.75, 3.05) is 6.54 Å². The predicted molar refractivity (Wildman–Crippen MR) is 53.6 cm³/mol. The lowest BCUT2D eigenvalue weighted by Crippen LogP contribution is -2.15. The Bertz CT molecular complexity index is 392. The zero-order valence-corrected chi connectivity index (χ0v) is 8.59. The summed E-state index contributed by atoms with van der Waals surface area (Å²) in [5.74, 6) is -0.415. The summed E-state index contributed by atoms with van der Waals surface area (Å²) < 4.78 is -1.10. The highest BCUT2D eigenvalue weighted by molar-refractivity contribution is 6.51. The molecule has 1 amide bonds. The summed E-state index contributed by atoms with van der Waals surface area (Å²) in [6.07, 6.45) is 0. The third kappa shape index (κ3) is 1.53. The maximum atomic E-state index is 11.6. The number of rotatable bonds is 1. The molecule has 74 valence electrons. The maximum Gasteiger partial charge on any atom is 0.260 e. The van der Waals surface area contributed by atoms with Crippen LogP contribution >= 0.6 is 23.2 Å². The van der Waals surface area contributed by atoms with Crippen molar-refractivity contribution in [3.8, 4) is 5.75 Å².